The van der Waals surface area contributed by atoms with E-state index in [0.29, 0.717) is 13.1 Å². The van der Waals surface area contributed by atoms with E-state index in [-0.39, 0.29) is 28.9 Å². The second kappa shape index (κ2) is 8.47. The highest BCUT2D eigenvalue weighted by molar-refractivity contribution is 7.91. The number of amides is 2. The smallest absolute Gasteiger partial charge is 0.223 e. The maximum Gasteiger partial charge on any atom is 0.223 e. The Morgan fingerprint density at radius 3 is 2.72 bits per heavy atom. The summed E-state index contributed by atoms with van der Waals surface area (Å²) in [7, 11) is -3.52. The zero-order valence-corrected chi connectivity index (χ0v) is 15.7. The molecule has 0 spiro atoms. The molecule has 0 saturated carbocycles. The highest BCUT2D eigenvalue weighted by Gasteiger charge is 2.23. The quantitative estimate of drug-likeness (QED) is 0.749. The van der Waals surface area contributed by atoms with Crippen molar-refractivity contribution in [3.05, 3.63) is 23.8 Å². The maximum absolute atomic E-state index is 12.5. The first-order chi connectivity index (χ1) is 11.8. The van der Waals surface area contributed by atoms with E-state index in [1.54, 1.807) is 17.0 Å². The zero-order valence-electron chi connectivity index (χ0n) is 14.9. The molecule has 2 rings (SSSR count). The largest absolute Gasteiger partial charge is 0.356 e. The number of sulfone groups is 1. The van der Waals surface area contributed by atoms with Gasteiger partial charge in [-0.1, -0.05) is 13.3 Å². The number of nitrogens with zero attached hydrogens (tertiary/aromatic N) is 1. The fraction of sp³-hybridized carbons (Fsp3) is 0.556. The summed E-state index contributed by atoms with van der Waals surface area (Å²) in [6.07, 6.45) is 3.39. The predicted octanol–water partition coefficient (Wildman–Crippen LogP) is 2.07. The summed E-state index contributed by atoms with van der Waals surface area (Å²) < 4.78 is 25.0. The van der Waals surface area contributed by atoms with Crippen molar-refractivity contribution in [1.29, 1.82) is 0 Å². The minimum Gasteiger partial charge on any atom is -0.356 e. The number of carbonyl (C=O) groups is 2. The number of hydrogen-bond donors (Lipinski definition) is 1. The van der Waals surface area contributed by atoms with Crippen LogP contribution in [0.3, 0.4) is 0 Å². The molecule has 1 aromatic carbocycles. The van der Waals surface area contributed by atoms with Gasteiger partial charge in [0, 0.05) is 32.1 Å². The van der Waals surface area contributed by atoms with E-state index >= 15 is 0 Å². The first kappa shape index (κ1) is 19.4. The summed E-state index contributed by atoms with van der Waals surface area (Å²) in [6, 6.07) is 4.88. The molecule has 1 N–H and O–H groups in total. The van der Waals surface area contributed by atoms with Gasteiger partial charge in [0.15, 0.2) is 9.84 Å². The monoisotopic (exact) mass is 366 g/mol. The van der Waals surface area contributed by atoms with Crippen molar-refractivity contribution >= 4 is 27.3 Å². The molecule has 1 heterocycles. The van der Waals surface area contributed by atoms with Crippen LogP contribution in [0.5, 0.6) is 0 Å². The van der Waals surface area contributed by atoms with E-state index < -0.39 is 9.84 Å². The fourth-order valence-electron chi connectivity index (χ4n) is 2.93. The van der Waals surface area contributed by atoms with Crippen molar-refractivity contribution in [3.63, 3.8) is 0 Å². The Kier molecular flexibility index (Phi) is 6.58. The molecule has 0 atom stereocenters. The van der Waals surface area contributed by atoms with Gasteiger partial charge in [-0.15, -0.1) is 0 Å². The molecule has 25 heavy (non-hydrogen) atoms. The Balaban J connectivity index is 2.07. The lowest BCUT2D eigenvalue weighted by molar-refractivity contribution is -0.120. The number of unbranched alkanes of at least 4 members (excludes halogenated alkanes) is 1. The van der Waals surface area contributed by atoms with Gasteiger partial charge in [0.2, 0.25) is 11.8 Å². The zero-order chi connectivity index (χ0) is 18.4. The van der Waals surface area contributed by atoms with Crippen molar-refractivity contribution in [2.75, 3.05) is 23.7 Å². The molecule has 0 aliphatic carbocycles. The van der Waals surface area contributed by atoms with E-state index in [9.17, 15) is 18.0 Å². The van der Waals surface area contributed by atoms with Crippen molar-refractivity contribution in [3.8, 4) is 0 Å². The maximum atomic E-state index is 12.5. The van der Waals surface area contributed by atoms with Crippen LogP contribution in [0, 0.1) is 0 Å². The number of aryl methyl sites for hydroxylation is 1. The van der Waals surface area contributed by atoms with E-state index in [2.05, 4.69) is 5.32 Å². The normalized spacial score (nSPS) is 14.1. The highest BCUT2D eigenvalue weighted by Crippen LogP contribution is 2.29. The first-order valence-corrected chi connectivity index (χ1v) is 10.4. The summed E-state index contributed by atoms with van der Waals surface area (Å²) >= 11 is 0. The number of hydrogen-bond acceptors (Lipinski definition) is 4. The molecule has 0 saturated heterocycles. The molecule has 1 aromatic rings. The number of fused-ring (bicyclic) bond motifs is 1. The molecule has 0 radical (unpaired) electrons. The Morgan fingerprint density at radius 1 is 1.28 bits per heavy atom. The summed E-state index contributed by atoms with van der Waals surface area (Å²) in [5.74, 6) is -0.488. The fourth-order valence-corrected chi connectivity index (χ4v) is 4.22. The minimum absolute atomic E-state index is 0.0390. The van der Waals surface area contributed by atoms with Gasteiger partial charge >= 0.3 is 0 Å². The van der Waals surface area contributed by atoms with Crippen molar-refractivity contribution in [2.24, 2.45) is 0 Å². The van der Waals surface area contributed by atoms with Gasteiger partial charge in [0.1, 0.15) is 0 Å². The van der Waals surface area contributed by atoms with Gasteiger partial charge in [0.05, 0.1) is 10.6 Å². The third-order valence-corrected chi connectivity index (χ3v) is 6.07. The molecule has 1 aliphatic rings. The van der Waals surface area contributed by atoms with Crippen LogP contribution in [0.15, 0.2) is 23.1 Å². The van der Waals surface area contributed by atoms with Gasteiger partial charge in [-0.05, 0) is 43.0 Å². The van der Waals surface area contributed by atoms with Gasteiger partial charge in [0.25, 0.3) is 0 Å². The van der Waals surface area contributed by atoms with E-state index in [4.69, 9.17) is 0 Å². The van der Waals surface area contributed by atoms with Crippen LogP contribution < -0.4 is 10.2 Å². The summed E-state index contributed by atoms with van der Waals surface area (Å²) in [6.45, 7) is 4.78. The molecular weight excluding hydrogens is 340 g/mol. The highest BCUT2D eigenvalue weighted by atomic mass is 32.2. The molecule has 0 unspecified atom stereocenters. The third-order valence-electron chi connectivity index (χ3n) is 4.36. The van der Waals surface area contributed by atoms with Crippen LogP contribution in [0.1, 0.15) is 45.1 Å². The van der Waals surface area contributed by atoms with Crippen LogP contribution in [-0.4, -0.2) is 39.1 Å². The lowest BCUT2D eigenvalue weighted by Gasteiger charge is -2.28. The summed E-state index contributed by atoms with van der Waals surface area (Å²) in [5.41, 5.74) is 1.66. The van der Waals surface area contributed by atoms with Gasteiger partial charge in [-0.2, -0.15) is 0 Å². The Bertz CT molecular complexity index is 743. The summed E-state index contributed by atoms with van der Waals surface area (Å²) in [5, 5.41) is 2.73. The lowest BCUT2D eigenvalue weighted by atomic mass is 10.0. The predicted molar refractivity (Wildman–Crippen MR) is 97.4 cm³/mol. The average molecular weight is 366 g/mol. The second-order valence-corrected chi connectivity index (χ2v) is 8.45. The van der Waals surface area contributed by atoms with Gasteiger partial charge in [-0.3, -0.25) is 9.59 Å². The van der Waals surface area contributed by atoms with Crippen LogP contribution in [-0.2, 0) is 25.8 Å². The molecule has 138 valence electrons. The molecule has 1 aliphatic heterocycles. The molecule has 0 aromatic heterocycles. The Labute approximate surface area is 149 Å². The van der Waals surface area contributed by atoms with Crippen molar-refractivity contribution in [2.45, 2.75) is 50.8 Å². The Morgan fingerprint density at radius 2 is 2.04 bits per heavy atom. The molecule has 7 heteroatoms. The van der Waals surface area contributed by atoms with E-state index in [1.807, 2.05) is 6.92 Å². The second-order valence-electron chi connectivity index (χ2n) is 6.34. The van der Waals surface area contributed by atoms with Crippen molar-refractivity contribution in [1.82, 2.24) is 5.32 Å². The standard InChI is InChI=1S/C18H26N2O4S/c1-3-4-10-19-18(22)9-12-25(23,24)16-7-8-17-15(13-16)6-5-11-20(17)14(2)21/h7-8,13H,3-6,9-12H2,1-2H3,(H,19,22). The molecular formula is C18H26N2O4S. The van der Waals surface area contributed by atoms with Crippen molar-refractivity contribution < 1.29 is 18.0 Å². The number of rotatable bonds is 7. The number of nitrogens with one attached hydrogen (secondary N) is 1. The SMILES string of the molecule is CCCCNC(=O)CCS(=O)(=O)c1ccc2c(c1)CCCN2C(C)=O. The molecule has 2 amide bonds. The van der Waals surface area contributed by atoms with Gasteiger partial charge < -0.3 is 10.2 Å². The van der Waals surface area contributed by atoms with Gasteiger partial charge in [-0.25, -0.2) is 8.42 Å². The Hall–Kier alpha value is -1.89. The number of benzene rings is 1. The lowest BCUT2D eigenvalue weighted by Crippen LogP contribution is -2.33. The third kappa shape index (κ3) is 5.04. The van der Waals surface area contributed by atoms with Crippen LogP contribution in [0.25, 0.3) is 0 Å². The minimum atomic E-state index is -3.52. The van der Waals surface area contributed by atoms with Crippen LogP contribution in [0.2, 0.25) is 0 Å². The number of anilines is 1. The molecule has 6 nitrogen and oxygen atoms in total. The summed E-state index contributed by atoms with van der Waals surface area (Å²) in [4.78, 5) is 25.3. The average Bonchev–Trinajstić information content (AvgIpc) is 2.59. The number of carbonyl (C=O) groups excluding carboxylic acids is 2. The van der Waals surface area contributed by atoms with E-state index in [1.165, 1.54) is 13.0 Å². The van der Waals surface area contributed by atoms with Crippen LogP contribution in [0.4, 0.5) is 5.69 Å². The van der Waals surface area contributed by atoms with Crippen LogP contribution >= 0.6 is 0 Å². The van der Waals surface area contributed by atoms with E-state index in [0.717, 1.165) is 36.9 Å². The molecule has 0 fully saturated rings. The molecule has 0 bridgehead atoms. The first-order valence-electron chi connectivity index (χ1n) is 8.75. The topological polar surface area (TPSA) is 83.6 Å².